The number of carbonyl (C=O) groups is 6. The van der Waals surface area contributed by atoms with Crippen LogP contribution in [0.4, 0.5) is 0 Å². The van der Waals surface area contributed by atoms with Crippen molar-refractivity contribution in [2.75, 3.05) is 19.6 Å². The topological polar surface area (TPSA) is 227 Å². The van der Waals surface area contributed by atoms with Crippen LogP contribution in [0.2, 0.25) is 0 Å². The smallest absolute Gasteiger partial charge is 0.326 e. The number of piperidine rings is 2. The highest BCUT2D eigenvalue weighted by Gasteiger charge is 2.44. The van der Waals surface area contributed by atoms with E-state index in [4.69, 9.17) is 5.73 Å². The number of nitrogens with zero attached hydrogens (tertiary/aromatic N) is 4. The monoisotopic (exact) mass is 773 g/mol. The van der Waals surface area contributed by atoms with Crippen molar-refractivity contribution in [3.05, 3.63) is 54.2 Å². The third kappa shape index (κ3) is 8.90. The first-order valence-corrected chi connectivity index (χ1v) is 20.0. The molecule has 3 aromatic rings. The Bertz CT molecular complexity index is 1880. The summed E-state index contributed by atoms with van der Waals surface area (Å²) < 4.78 is 0. The zero-order chi connectivity index (χ0) is 39.9. The average molecular weight is 774 g/mol. The minimum absolute atomic E-state index is 0.0626. The van der Waals surface area contributed by atoms with Crippen LogP contribution >= 0.6 is 0 Å². The van der Waals surface area contributed by atoms with Gasteiger partial charge in [0.05, 0.1) is 12.4 Å². The fourth-order valence-electron chi connectivity index (χ4n) is 8.44. The molecule has 3 saturated heterocycles. The maximum absolute atomic E-state index is 14.6. The lowest BCUT2D eigenvalue weighted by molar-refractivity contribution is -0.155. The maximum atomic E-state index is 14.6. The molecule has 3 aliphatic heterocycles. The zero-order valence-electron chi connectivity index (χ0n) is 32.2. The van der Waals surface area contributed by atoms with E-state index in [1.165, 1.54) is 16.1 Å². The standard InChI is InChI=1S/C40H55N9O7/c1-3-24(2)34(46-35(50)28(41)19-25-21-43-29-12-5-4-11-27(25)29)39(54)48-17-9-7-14-32(48)38(53)47-16-8-6-13-31(47)36(51)45-30(20-26-22-42-23-44-26)37(52)49-18-10-15-33(49)40(55)56/h4-5,11-12,21-24,28,30-34,43H,3,6-10,13-20,41H2,1-2H3,(H,42,44)(H,45,51)(H,46,50)(H,55,56)/t24?,28-,30+,31+,32-,33+,34+/m1/s1. The van der Waals surface area contributed by atoms with Crippen molar-refractivity contribution in [3.8, 4) is 0 Å². The summed E-state index contributed by atoms with van der Waals surface area (Å²) in [5, 5.41) is 16.6. The molecule has 1 unspecified atom stereocenters. The van der Waals surface area contributed by atoms with Crippen LogP contribution in [0.25, 0.3) is 10.9 Å². The lowest BCUT2D eigenvalue weighted by atomic mass is 9.92. The van der Waals surface area contributed by atoms with Crippen molar-refractivity contribution in [2.45, 2.75) is 121 Å². The van der Waals surface area contributed by atoms with Crippen LogP contribution < -0.4 is 16.4 Å². The number of rotatable bonds is 14. The van der Waals surface area contributed by atoms with E-state index < -0.39 is 59.9 Å². The molecule has 56 heavy (non-hydrogen) atoms. The molecule has 0 spiro atoms. The van der Waals surface area contributed by atoms with E-state index in [0.29, 0.717) is 76.6 Å². The highest BCUT2D eigenvalue weighted by molar-refractivity contribution is 5.97. The Hall–Kier alpha value is -5.25. The Balaban J connectivity index is 1.17. The molecule has 1 aromatic carbocycles. The molecule has 0 bridgehead atoms. The molecule has 0 saturated carbocycles. The van der Waals surface area contributed by atoms with E-state index in [-0.39, 0.29) is 37.1 Å². The summed E-state index contributed by atoms with van der Waals surface area (Å²) in [5.74, 6) is -3.51. The van der Waals surface area contributed by atoms with Gasteiger partial charge in [0.2, 0.25) is 29.5 Å². The van der Waals surface area contributed by atoms with E-state index in [1.807, 2.05) is 44.3 Å². The lowest BCUT2D eigenvalue weighted by Gasteiger charge is -2.43. The van der Waals surface area contributed by atoms with Crippen LogP contribution in [0.5, 0.6) is 0 Å². The number of aromatic nitrogens is 3. The number of nitrogens with one attached hydrogen (secondary N) is 4. The number of H-pyrrole nitrogens is 2. The third-order valence-corrected chi connectivity index (χ3v) is 11.8. The first-order chi connectivity index (χ1) is 27.0. The molecule has 7 atom stereocenters. The molecule has 0 radical (unpaired) electrons. The van der Waals surface area contributed by atoms with Crippen molar-refractivity contribution >= 4 is 46.4 Å². The number of carboxylic acid groups (broad SMARTS) is 1. The molecule has 5 amide bonds. The van der Waals surface area contributed by atoms with Gasteiger partial charge in [0.1, 0.15) is 30.2 Å². The number of carboxylic acids is 1. The second-order valence-electron chi connectivity index (χ2n) is 15.5. The Morgan fingerprint density at radius 1 is 0.857 bits per heavy atom. The first-order valence-electron chi connectivity index (χ1n) is 20.0. The molecule has 6 rings (SSSR count). The summed E-state index contributed by atoms with van der Waals surface area (Å²) in [4.78, 5) is 97.1. The maximum Gasteiger partial charge on any atom is 0.326 e. The molecule has 3 aliphatic rings. The summed E-state index contributed by atoms with van der Waals surface area (Å²) in [5.41, 5.74) is 8.85. The number of hydrogen-bond donors (Lipinski definition) is 6. The zero-order valence-corrected chi connectivity index (χ0v) is 32.2. The van der Waals surface area contributed by atoms with Crippen LogP contribution in [-0.2, 0) is 41.6 Å². The van der Waals surface area contributed by atoms with Crippen molar-refractivity contribution in [2.24, 2.45) is 11.7 Å². The summed E-state index contributed by atoms with van der Waals surface area (Å²) >= 11 is 0. The Kier molecular flexibility index (Phi) is 13.1. The number of amides is 5. The van der Waals surface area contributed by atoms with E-state index >= 15 is 0 Å². The van der Waals surface area contributed by atoms with Gasteiger partial charge < -0.3 is 46.1 Å². The van der Waals surface area contributed by atoms with Crippen LogP contribution in [-0.4, -0.2) is 126 Å². The van der Waals surface area contributed by atoms with Crippen LogP contribution in [0, 0.1) is 5.92 Å². The number of imidazole rings is 1. The highest BCUT2D eigenvalue weighted by atomic mass is 16.4. The van der Waals surface area contributed by atoms with Gasteiger partial charge in [-0.05, 0) is 75.3 Å². The SMILES string of the molecule is CCC(C)[C@H](NC(=O)[C@H](N)Cc1c[nH]c2ccccc12)C(=O)N1CCCC[C@@H]1C(=O)N1CCCC[C@H]1C(=O)N[C@@H](Cc1cnc[nH]1)C(=O)N1CCC[C@H]1C(=O)O. The normalized spacial score (nSPS) is 22.3. The number of nitrogens with two attached hydrogens (primary N) is 1. The van der Waals surface area contributed by atoms with Gasteiger partial charge in [-0.1, -0.05) is 38.5 Å². The molecular weight excluding hydrogens is 718 g/mol. The van der Waals surface area contributed by atoms with Crippen LogP contribution in [0.1, 0.15) is 82.9 Å². The van der Waals surface area contributed by atoms with E-state index in [2.05, 4.69) is 25.6 Å². The van der Waals surface area contributed by atoms with Crippen molar-refractivity contribution in [1.29, 1.82) is 0 Å². The lowest BCUT2D eigenvalue weighted by Crippen LogP contribution is -2.63. The van der Waals surface area contributed by atoms with Gasteiger partial charge in [0.15, 0.2) is 0 Å². The van der Waals surface area contributed by atoms with Gasteiger partial charge >= 0.3 is 5.97 Å². The second-order valence-corrected chi connectivity index (χ2v) is 15.5. The third-order valence-electron chi connectivity index (χ3n) is 11.8. The largest absolute Gasteiger partial charge is 0.480 e. The fraction of sp³-hybridized carbons (Fsp3) is 0.575. The van der Waals surface area contributed by atoms with E-state index in [1.54, 1.807) is 11.1 Å². The predicted octanol–water partition coefficient (Wildman–Crippen LogP) is 1.86. The van der Waals surface area contributed by atoms with E-state index in [0.717, 1.165) is 16.5 Å². The van der Waals surface area contributed by atoms with Crippen molar-refractivity contribution in [1.82, 2.24) is 40.3 Å². The molecule has 0 aliphatic carbocycles. The van der Waals surface area contributed by atoms with Gasteiger partial charge in [-0.2, -0.15) is 0 Å². The minimum atomic E-state index is -1.10. The molecular formula is C40H55N9O7. The predicted molar refractivity (Wildman–Crippen MR) is 207 cm³/mol. The number of para-hydroxylation sites is 1. The molecule has 16 nitrogen and oxygen atoms in total. The minimum Gasteiger partial charge on any atom is -0.480 e. The molecule has 2 aromatic heterocycles. The number of fused-ring (bicyclic) bond motifs is 1. The van der Waals surface area contributed by atoms with E-state index in [9.17, 15) is 33.9 Å². The van der Waals surface area contributed by atoms with Gasteiger partial charge in [-0.25, -0.2) is 9.78 Å². The molecule has 5 heterocycles. The van der Waals surface area contributed by atoms with Gasteiger partial charge in [0, 0.05) is 55.0 Å². The number of hydrogen-bond acceptors (Lipinski definition) is 8. The molecule has 16 heteroatoms. The summed E-state index contributed by atoms with van der Waals surface area (Å²) in [6.07, 6.45) is 10.2. The Morgan fingerprint density at radius 3 is 2.25 bits per heavy atom. The van der Waals surface area contributed by atoms with Crippen molar-refractivity contribution < 1.29 is 33.9 Å². The second kappa shape index (κ2) is 18.1. The van der Waals surface area contributed by atoms with Gasteiger partial charge in [-0.15, -0.1) is 0 Å². The summed E-state index contributed by atoms with van der Waals surface area (Å²) in [6, 6.07) is 2.14. The van der Waals surface area contributed by atoms with Crippen LogP contribution in [0.3, 0.4) is 0 Å². The number of likely N-dealkylation sites (tertiary alicyclic amines) is 3. The molecule has 302 valence electrons. The highest BCUT2D eigenvalue weighted by Crippen LogP contribution is 2.27. The van der Waals surface area contributed by atoms with Crippen molar-refractivity contribution in [3.63, 3.8) is 0 Å². The Labute approximate surface area is 326 Å². The number of carbonyl (C=O) groups excluding carboxylic acids is 5. The Morgan fingerprint density at radius 2 is 1.54 bits per heavy atom. The number of aliphatic carboxylic acids is 1. The quantitative estimate of drug-likeness (QED) is 0.140. The molecule has 7 N–H and O–H groups in total. The van der Waals surface area contributed by atoms with Gasteiger partial charge in [-0.3, -0.25) is 24.0 Å². The fourth-order valence-corrected chi connectivity index (χ4v) is 8.44. The number of benzene rings is 1. The summed E-state index contributed by atoms with van der Waals surface area (Å²) in [6.45, 7) is 4.72. The van der Waals surface area contributed by atoms with Gasteiger partial charge in [0.25, 0.3) is 0 Å². The average Bonchev–Trinajstić information content (AvgIpc) is 4.01. The number of aromatic amines is 2. The van der Waals surface area contributed by atoms with Crippen LogP contribution in [0.15, 0.2) is 43.0 Å². The first kappa shape index (κ1) is 40.4. The molecule has 3 fully saturated rings. The summed E-state index contributed by atoms with van der Waals surface area (Å²) in [7, 11) is 0.